The fourth-order valence-corrected chi connectivity index (χ4v) is 3.11. The molecule has 0 aliphatic carbocycles. The number of anilines is 1. The van der Waals surface area contributed by atoms with Crippen LogP contribution in [-0.2, 0) is 9.53 Å². The van der Waals surface area contributed by atoms with Crippen molar-refractivity contribution >= 4 is 17.7 Å². The van der Waals surface area contributed by atoms with Crippen LogP contribution in [0.25, 0.3) is 0 Å². The molecule has 1 N–H and O–H groups in total. The number of nitrogens with zero attached hydrogens (tertiary/aromatic N) is 2. The number of piperidine rings is 1. The van der Waals surface area contributed by atoms with Crippen molar-refractivity contribution in [3.8, 4) is 0 Å². The molecular formula is C20H31N3O3. The highest BCUT2D eigenvalue weighted by atomic mass is 16.6. The van der Waals surface area contributed by atoms with Crippen molar-refractivity contribution in [3.05, 3.63) is 30.3 Å². The maximum Gasteiger partial charge on any atom is 0.407 e. The Hall–Kier alpha value is -2.24. The summed E-state index contributed by atoms with van der Waals surface area (Å²) in [7, 11) is 1.86. The average Bonchev–Trinajstić information content (AvgIpc) is 2.60. The number of nitrogens with one attached hydrogen (secondary N) is 1. The molecule has 1 atom stereocenters. The van der Waals surface area contributed by atoms with E-state index in [1.54, 1.807) is 0 Å². The zero-order valence-corrected chi connectivity index (χ0v) is 16.3. The normalized spacial score (nSPS) is 17.5. The van der Waals surface area contributed by atoms with Crippen LogP contribution in [0.15, 0.2) is 30.3 Å². The fourth-order valence-electron chi connectivity index (χ4n) is 3.11. The van der Waals surface area contributed by atoms with Gasteiger partial charge in [0, 0.05) is 44.8 Å². The van der Waals surface area contributed by atoms with Crippen molar-refractivity contribution in [2.45, 2.75) is 51.7 Å². The maximum absolute atomic E-state index is 12.5. The summed E-state index contributed by atoms with van der Waals surface area (Å²) in [6.07, 6.45) is 1.86. The van der Waals surface area contributed by atoms with Gasteiger partial charge in [-0.1, -0.05) is 18.2 Å². The predicted molar refractivity (Wildman–Crippen MR) is 103 cm³/mol. The fraction of sp³-hybridized carbons (Fsp3) is 0.600. The molecule has 0 radical (unpaired) electrons. The molecule has 1 saturated heterocycles. The summed E-state index contributed by atoms with van der Waals surface area (Å²) in [5.74, 6) is 0.0426. The van der Waals surface area contributed by atoms with Crippen LogP contribution >= 0.6 is 0 Å². The molecule has 2 rings (SSSR count). The predicted octanol–water partition coefficient (Wildman–Crippen LogP) is 3.03. The minimum atomic E-state index is -0.534. The molecule has 1 aromatic carbocycles. The summed E-state index contributed by atoms with van der Waals surface area (Å²) >= 11 is 0. The first-order valence-electron chi connectivity index (χ1n) is 9.29. The van der Waals surface area contributed by atoms with Crippen LogP contribution in [0, 0.1) is 0 Å². The minimum absolute atomic E-state index is 0.0426. The summed E-state index contributed by atoms with van der Waals surface area (Å²) in [5, 5.41) is 2.64. The Morgan fingerprint density at radius 1 is 1.27 bits per heavy atom. The van der Waals surface area contributed by atoms with Gasteiger partial charge in [0.2, 0.25) is 5.91 Å². The molecule has 1 heterocycles. The quantitative estimate of drug-likeness (QED) is 0.876. The van der Waals surface area contributed by atoms with E-state index >= 15 is 0 Å². The van der Waals surface area contributed by atoms with Crippen LogP contribution in [0.4, 0.5) is 10.5 Å². The summed E-state index contributed by atoms with van der Waals surface area (Å²) in [5.41, 5.74) is 0.665. The van der Waals surface area contributed by atoms with E-state index in [1.807, 2.05) is 50.9 Å². The molecule has 26 heavy (non-hydrogen) atoms. The smallest absolute Gasteiger partial charge is 0.407 e. The lowest BCUT2D eigenvalue weighted by atomic mass is 10.0. The number of benzene rings is 1. The Morgan fingerprint density at radius 3 is 2.62 bits per heavy atom. The van der Waals surface area contributed by atoms with Gasteiger partial charge in [-0.2, -0.15) is 0 Å². The second-order valence-corrected chi connectivity index (χ2v) is 7.76. The summed E-state index contributed by atoms with van der Waals surface area (Å²) in [6, 6.07) is 10.5. The molecule has 1 aliphatic heterocycles. The van der Waals surface area contributed by atoms with Crippen molar-refractivity contribution < 1.29 is 14.3 Å². The number of para-hydroxylation sites is 1. The Labute approximate surface area is 156 Å². The molecule has 6 heteroatoms. The first kappa shape index (κ1) is 20.1. The van der Waals surface area contributed by atoms with Gasteiger partial charge in [-0.15, -0.1) is 0 Å². The number of amides is 2. The van der Waals surface area contributed by atoms with E-state index in [9.17, 15) is 9.59 Å². The van der Waals surface area contributed by atoms with E-state index in [1.165, 1.54) is 5.69 Å². The summed E-state index contributed by atoms with van der Waals surface area (Å²) < 4.78 is 5.18. The highest BCUT2D eigenvalue weighted by molar-refractivity contribution is 5.77. The Morgan fingerprint density at radius 2 is 1.96 bits per heavy atom. The standard InChI is InChI=1S/C20H31N3O3/c1-20(2,3)26-19(25)21-13-12-18(24)22(4)17-11-8-14-23(15-17)16-9-6-5-7-10-16/h5-7,9-10,17H,8,11-15H2,1-4H3,(H,21,25). The lowest BCUT2D eigenvalue weighted by Gasteiger charge is -2.39. The van der Waals surface area contributed by atoms with Gasteiger partial charge in [0.15, 0.2) is 0 Å². The molecule has 0 saturated carbocycles. The number of hydrogen-bond donors (Lipinski definition) is 1. The molecule has 0 aromatic heterocycles. The Kier molecular flexibility index (Phi) is 6.89. The molecule has 0 bridgehead atoms. The van der Waals surface area contributed by atoms with Crippen LogP contribution in [0.1, 0.15) is 40.0 Å². The molecular weight excluding hydrogens is 330 g/mol. The molecule has 0 spiro atoms. The monoisotopic (exact) mass is 361 g/mol. The number of likely N-dealkylation sites (N-methyl/N-ethyl adjacent to an activating group) is 1. The van der Waals surface area contributed by atoms with Crippen LogP contribution in [-0.4, -0.2) is 55.2 Å². The Balaban J connectivity index is 1.79. The van der Waals surface area contributed by atoms with Crippen molar-refractivity contribution in [2.75, 3.05) is 31.6 Å². The van der Waals surface area contributed by atoms with Gasteiger partial charge in [-0.05, 0) is 45.7 Å². The number of hydrogen-bond acceptors (Lipinski definition) is 4. The minimum Gasteiger partial charge on any atom is -0.444 e. The Bertz CT molecular complexity index is 598. The zero-order chi connectivity index (χ0) is 19.2. The van der Waals surface area contributed by atoms with Crippen molar-refractivity contribution in [3.63, 3.8) is 0 Å². The van der Waals surface area contributed by atoms with Gasteiger partial charge in [-0.3, -0.25) is 4.79 Å². The molecule has 1 aromatic rings. The van der Waals surface area contributed by atoms with Crippen molar-refractivity contribution in [1.82, 2.24) is 10.2 Å². The first-order chi connectivity index (χ1) is 12.3. The van der Waals surface area contributed by atoms with Gasteiger partial charge in [0.1, 0.15) is 5.60 Å². The van der Waals surface area contributed by atoms with Crippen LogP contribution < -0.4 is 10.2 Å². The largest absolute Gasteiger partial charge is 0.444 e. The number of carbonyl (C=O) groups excluding carboxylic acids is 2. The van der Waals surface area contributed by atoms with Crippen LogP contribution in [0.3, 0.4) is 0 Å². The van der Waals surface area contributed by atoms with Crippen LogP contribution in [0.5, 0.6) is 0 Å². The highest BCUT2D eigenvalue weighted by Gasteiger charge is 2.26. The van der Waals surface area contributed by atoms with E-state index in [-0.39, 0.29) is 24.9 Å². The maximum atomic E-state index is 12.5. The number of ether oxygens (including phenoxy) is 1. The first-order valence-corrected chi connectivity index (χ1v) is 9.29. The SMILES string of the molecule is CN(C(=O)CCNC(=O)OC(C)(C)C)C1CCCN(c2ccccc2)C1. The number of rotatable bonds is 5. The van der Waals surface area contributed by atoms with Crippen molar-refractivity contribution in [2.24, 2.45) is 0 Å². The van der Waals surface area contributed by atoms with Gasteiger partial charge >= 0.3 is 6.09 Å². The lowest BCUT2D eigenvalue weighted by Crippen LogP contribution is -2.49. The van der Waals surface area contributed by atoms with Crippen molar-refractivity contribution in [1.29, 1.82) is 0 Å². The van der Waals surface area contributed by atoms with E-state index in [0.717, 1.165) is 25.9 Å². The molecule has 1 unspecified atom stereocenters. The third kappa shape index (κ3) is 6.24. The zero-order valence-electron chi connectivity index (χ0n) is 16.3. The highest BCUT2D eigenvalue weighted by Crippen LogP contribution is 2.22. The number of carbonyl (C=O) groups is 2. The molecule has 1 fully saturated rings. The van der Waals surface area contributed by atoms with E-state index in [0.29, 0.717) is 0 Å². The number of alkyl carbamates (subject to hydrolysis) is 1. The van der Waals surface area contributed by atoms with Gasteiger partial charge < -0.3 is 19.9 Å². The van der Waals surface area contributed by atoms with Gasteiger partial charge in [0.25, 0.3) is 0 Å². The summed E-state index contributed by atoms with van der Waals surface area (Å²) in [6.45, 7) is 7.58. The van der Waals surface area contributed by atoms with E-state index in [2.05, 4.69) is 22.3 Å². The molecule has 144 valence electrons. The third-order valence-electron chi connectivity index (χ3n) is 4.47. The molecule has 2 amide bonds. The second kappa shape index (κ2) is 8.92. The van der Waals surface area contributed by atoms with E-state index < -0.39 is 11.7 Å². The molecule has 1 aliphatic rings. The topological polar surface area (TPSA) is 61.9 Å². The second-order valence-electron chi connectivity index (χ2n) is 7.76. The molecule has 6 nitrogen and oxygen atoms in total. The average molecular weight is 361 g/mol. The van der Waals surface area contributed by atoms with Gasteiger partial charge in [0.05, 0.1) is 0 Å². The lowest BCUT2D eigenvalue weighted by molar-refractivity contribution is -0.132. The third-order valence-corrected chi connectivity index (χ3v) is 4.47. The van der Waals surface area contributed by atoms with Crippen LogP contribution in [0.2, 0.25) is 0 Å². The van der Waals surface area contributed by atoms with Gasteiger partial charge in [-0.25, -0.2) is 4.79 Å². The van der Waals surface area contributed by atoms with E-state index in [4.69, 9.17) is 4.74 Å². The summed E-state index contributed by atoms with van der Waals surface area (Å²) in [4.78, 5) is 28.3.